The number of nitrogens with one attached hydrogen (secondary N) is 1. The summed E-state index contributed by atoms with van der Waals surface area (Å²) < 4.78 is 10.6. The van der Waals surface area contributed by atoms with Gasteiger partial charge in [0.15, 0.2) is 0 Å². The number of furan rings is 1. The van der Waals surface area contributed by atoms with E-state index in [2.05, 4.69) is 12.2 Å². The maximum absolute atomic E-state index is 5.30. The second kappa shape index (κ2) is 3.94. The first-order chi connectivity index (χ1) is 6.36. The standard InChI is InChI=1S/C10H15NO2/c1-8(10-3-2-5-13-10)11-9-4-6-12-7-9/h2-3,5,8-9,11H,4,6-7H2,1H3/t8-,9?/m0/s1. The number of hydrogen-bond acceptors (Lipinski definition) is 3. The lowest BCUT2D eigenvalue weighted by Crippen LogP contribution is -2.31. The molecule has 1 saturated heterocycles. The van der Waals surface area contributed by atoms with Crippen molar-refractivity contribution in [3.63, 3.8) is 0 Å². The van der Waals surface area contributed by atoms with Crippen LogP contribution in [0.4, 0.5) is 0 Å². The molecule has 2 heterocycles. The second-order valence-corrected chi connectivity index (χ2v) is 3.46. The molecule has 0 amide bonds. The average Bonchev–Trinajstić information content (AvgIpc) is 2.74. The fraction of sp³-hybridized carbons (Fsp3) is 0.600. The minimum atomic E-state index is 0.279. The summed E-state index contributed by atoms with van der Waals surface area (Å²) in [6.07, 6.45) is 2.81. The lowest BCUT2D eigenvalue weighted by molar-refractivity contribution is 0.187. The zero-order valence-electron chi connectivity index (χ0n) is 7.82. The summed E-state index contributed by atoms with van der Waals surface area (Å²) in [6, 6.07) is 4.67. The van der Waals surface area contributed by atoms with Gasteiger partial charge in [0.25, 0.3) is 0 Å². The monoisotopic (exact) mass is 181 g/mol. The first-order valence-corrected chi connectivity index (χ1v) is 4.73. The topological polar surface area (TPSA) is 34.4 Å². The highest BCUT2D eigenvalue weighted by molar-refractivity contribution is 5.03. The van der Waals surface area contributed by atoms with E-state index < -0.39 is 0 Å². The summed E-state index contributed by atoms with van der Waals surface area (Å²) in [5.41, 5.74) is 0. The molecule has 1 N–H and O–H groups in total. The third-order valence-electron chi connectivity index (χ3n) is 2.39. The van der Waals surface area contributed by atoms with Crippen LogP contribution in [-0.2, 0) is 4.74 Å². The fourth-order valence-corrected chi connectivity index (χ4v) is 1.64. The highest BCUT2D eigenvalue weighted by atomic mass is 16.5. The summed E-state index contributed by atoms with van der Waals surface area (Å²) >= 11 is 0. The van der Waals surface area contributed by atoms with Crippen LogP contribution in [0.3, 0.4) is 0 Å². The quantitative estimate of drug-likeness (QED) is 0.771. The van der Waals surface area contributed by atoms with Gasteiger partial charge < -0.3 is 14.5 Å². The largest absolute Gasteiger partial charge is 0.468 e. The molecule has 72 valence electrons. The molecule has 1 fully saturated rings. The molecule has 1 aliphatic rings. The highest BCUT2D eigenvalue weighted by Gasteiger charge is 2.18. The van der Waals surface area contributed by atoms with Crippen LogP contribution in [0.5, 0.6) is 0 Å². The highest BCUT2D eigenvalue weighted by Crippen LogP contribution is 2.15. The first-order valence-electron chi connectivity index (χ1n) is 4.73. The van der Waals surface area contributed by atoms with Gasteiger partial charge in [0.1, 0.15) is 5.76 Å². The molecule has 3 heteroatoms. The van der Waals surface area contributed by atoms with E-state index in [1.54, 1.807) is 6.26 Å². The maximum Gasteiger partial charge on any atom is 0.120 e. The van der Waals surface area contributed by atoms with Crippen LogP contribution in [0.25, 0.3) is 0 Å². The normalized spacial score (nSPS) is 24.8. The third kappa shape index (κ3) is 2.11. The SMILES string of the molecule is C[C@H](NC1CCOC1)c1ccco1. The average molecular weight is 181 g/mol. The minimum Gasteiger partial charge on any atom is -0.468 e. The Morgan fingerprint density at radius 2 is 2.54 bits per heavy atom. The van der Waals surface area contributed by atoms with Crippen LogP contribution in [0.15, 0.2) is 22.8 Å². The number of rotatable bonds is 3. The Kier molecular flexibility index (Phi) is 2.66. The summed E-state index contributed by atoms with van der Waals surface area (Å²) in [6.45, 7) is 3.81. The number of ether oxygens (including phenoxy) is 1. The molecule has 0 aromatic carbocycles. The van der Waals surface area contributed by atoms with Gasteiger partial charge in [-0.05, 0) is 25.5 Å². The Morgan fingerprint density at radius 1 is 1.62 bits per heavy atom. The maximum atomic E-state index is 5.30. The second-order valence-electron chi connectivity index (χ2n) is 3.46. The molecule has 1 unspecified atom stereocenters. The molecule has 2 atom stereocenters. The molecule has 0 radical (unpaired) electrons. The zero-order chi connectivity index (χ0) is 9.10. The minimum absolute atomic E-state index is 0.279. The van der Waals surface area contributed by atoms with Crippen molar-refractivity contribution in [2.24, 2.45) is 0 Å². The first kappa shape index (κ1) is 8.78. The van der Waals surface area contributed by atoms with Gasteiger partial charge in [-0.15, -0.1) is 0 Å². The molecule has 13 heavy (non-hydrogen) atoms. The van der Waals surface area contributed by atoms with Crippen molar-refractivity contribution in [3.05, 3.63) is 24.2 Å². The van der Waals surface area contributed by atoms with Crippen molar-refractivity contribution in [2.45, 2.75) is 25.4 Å². The summed E-state index contributed by atoms with van der Waals surface area (Å²) in [4.78, 5) is 0. The molecule has 1 aliphatic heterocycles. The lowest BCUT2D eigenvalue weighted by atomic mass is 10.2. The van der Waals surface area contributed by atoms with Gasteiger partial charge >= 0.3 is 0 Å². The van der Waals surface area contributed by atoms with Gasteiger partial charge in [-0.3, -0.25) is 0 Å². The van der Waals surface area contributed by atoms with Crippen LogP contribution >= 0.6 is 0 Å². The Balaban J connectivity index is 1.87. The van der Waals surface area contributed by atoms with Gasteiger partial charge in [-0.25, -0.2) is 0 Å². The van der Waals surface area contributed by atoms with E-state index >= 15 is 0 Å². The molecule has 0 saturated carbocycles. The van der Waals surface area contributed by atoms with E-state index in [4.69, 9.17) is 9.15 Å². The van der Waals surface area contributed by atoms with Crippen molar-refractivity contribution in [1.82, 2.24) is 5.32 Å². The van der Waals surface area contributed by atoms with E-state index in [9.17, 15) is 0 Å². The summed E-state index contributed by atoms with van der Waals surface area (Å²) in [7, 11) is 0. The molecule has 0 aliphatic carbocycles. The van der Waals surface area contributed by atoms with E-state index in [1.165, 1.54) is 0 Å². The molecular weight excluding hydrogens is 166 g/mol. The molecule has 2 rings (SSSR count). The lowest BCUT2D eigenvalue weighted by Gasteiger charge is -2.15. The smallest absolute Gasteiger partial charge is 0.120 e. The molecular formula is C10H15NO2. The van der Waals surface area contributed by atoms with Gasteiger partial charge in [0.05, 0.1) is 18.9 Å². The van der Waals surface area contributed by atoms with Crippen LogP contribution in [0.2, 0.25) is 0 Å². The van der Waals surface area contributed by atoms with Gasteiger partial charge in [0, 0.05) is 12.6 Å². The van der Waals surface area contributed by atoms with Gasteiger partial charge in [-0.1, -0.05) is 0 Å². The van der Waals surface area contributed by atoms with Crippen LogP contribution in [-0.4, -0.2) is 19.3 Å². The summed E-state index contributed by atoms with van der Waals surface area (Å²) in [5, 5.41) is 3.46. The van der Waals surface area contributed by atoms with Crippen molar-refractivity contribution < 1.29 is 9.15 Å². The van der Waals surface area contributed by atoms with Crippen molar-refractivity contribution in [1.29, 1.82) is 0 Å². The third-order valence-corrected chi connectivity index (χ3v) is 2.39. The fourth-order valence-electron chi connectivity index (χ4n) is 1.64. The van der Waals surface area contributed by atoms with E-state index in [0.29, 0.717) is 6.04 Å². The van der Waals surface area contributed by atoms with Crippen LogP contribution in [0.1, 0.15) is 25.1 Å². The van der Waals surface area contributed by atoms with Crippen LogP contribution in [0, 0.1) is 0 Å². The van der Waals surface area contributed by atoms with Crippen molar-refractivity contribution in [3.8, 4) is 0 Å². The van der Waals surface area contributed by atoms with E-state index in [1.807, 2.05) is 12.1 Å². The number of hydrogen-bond donors (Lipinski definition) is 1. The van der Waals surface area contributed by atoms with Crippen molar-refractivity contribution in [2.75, 3.05) is 13.2 Å². The molecule has 0 bridgehead atoms. The molecule has 0 spiro atoms. The Labute approximate surface area is 78.1 Å². The molecule has 1 aromatic heterocycles. The van der Waals surface area contributed by atoms with Crippen molar-refractivity contribution >= 4 is 0 Å². The van der Waals surface area contributed by atoms with E-state index in [-0.39, 0.29) is 6.04 Å². The Hall–Kier alpha value is -0.800. The predicted octanol–water partition coefficient (Wildman–Crippen LogP) is 1.72. The van der Waals surface area contributed by atoms with Crippen LogP contribution < -0.4 is 5.32 Å². The summed E-state index contributed by atoms with van der Waals surface area (Å²) in [5.74, 6) is 0.993. The molecule has 1 aromatic rings. The predicted molar refractivity (Wildman–Crippen MR) is 49.5 cm³/mol. The van der Waals surface area contributed by atoms with Gasteiger partial charge in [-0.2, -0.15) is 0 Å². The zero-order valence-corrected chi connectivity index (χ0v) is 7.82. The Morgan fingerprint density at radius 3 is 3.15 bits per heavy atom. The van der Waals surface area contributed by atoms with Gasteiger partial charge in [0.2, 0.25) is 0 Å². The molecule has 3 nitrogen and oxygen atoms in total. The Bertz CT molecular complexity index is 239. The van der Waals surface area contributed by atoms with E-state index in [0.717, 1.165) is 25.4 Å².